The van der Waals surface area contributed by atoms with Crippen molar-refractivity contribution in [2.75, 3.05) is 19.8 Å². The highest BCUT2D eigenvalue weighted by atomic mass is 35.5. The minimum Gasteiger partial charge on any atom is -0.486 e. The zero-order valence-corrected chi connectivity index (χ0v) is 14.7. The van der Waals surface area contributed by atoms with Crippen molar-refractivity contribution in [2.24, 2.45) is 0 Å². The molecule has 0 aromatic heterocycles. The topological polar surface area (TPSA) is 56.8 Å². The van der Waals surface area contributed by atoms with Crippen LogP contribution in [0.5, 0.6) is 17.2 Å². The molecular weight excluding hydrogens is 342 g/mol. The van der Waals surface area contributed by atoms with E-state index in [0.717, 1.165) is 17.1 Å². The van der Waals surface area contributed by atoms with E-state index in [4.69, 9.17) is 25.8 Å². The second-order valence-corrected chi connectivity index (χ2v) is 6.17. The summed E-state index contributed by atoms with van der Waals surface area (Å²) in [6.07, 6.45) is 0.122. The van der Waals surface area contributed by atoms with Crippen LogP contribution in [0.4, 0.5) is 0 Å². The van der Waals surface area contributed by atoms with Gasteiger partial charge >= 0.3 is 0 Å². The van der Waals surface area contributed by atoms with Gasteiger partial charge in [0, 0.05) is 11.6 Å². The van der Waals surface area contributed by atoms with Crippen LogP contribution in [-0.4, -0.2) is 31.8 Å². The van der Waals surface area contributed by atoms with Gasteiger partial charge in [-0.2, -0.15) is 0 Å². The number of amides is 1. The Bertz CT molecular complexity index is 733. The summed E-state index contributed by atoms with van der Waals surface area (Å²) in [7, 11) is 0. The molecule has 132 valence electrons. The Balaban J connectivity index is 1.46. The zero-order valence-electron chi connectivity index (χ0n) is 14.0. The molecule has 1 unspecified atom stereocenters. The van der Waals surface area contributed by atoms with Crippen LogP contribution in [-0.2, 0) is 11.2 Å². The van der Waals surface area contributed by atoms with Crippen LogP contribution in [0.25, 0.3) is 0 Å². The molecule has 1 aliphatic rings. The van der Waals surface area contributed by atoms with Crippen LogP contribution in [0.1, 0.15) is 12.5 Å². The fraction of sp³-hybridized carbons (Fsp3) is 0.316. The van der Waals surface area contributed by atoms with E-state index in [2.05, 4.69) is 5.32 Å². The SMILES string of the molecule is CC(Oc1ccc(Cl)cc1)C(=O)NCCc1ccc2c(c1)OCCO2. The van der Waals surface area contributed by atoms with Gasteiger partial charge in [0.2, 0.25) is 0 Å². The fourth-order valence-electron chi connectivity index (χ4n) is 2.49. The Morgan fingerprint density at radius 1 is 1.16 bits per heavy atom. The number of benzene rings is 2. The highest BCUT2D eigenvalue weighted by Crippen LogP contribution is 2.30. The van der Waals surface area contributed by atoms with Crippen molar-refractivity contribution in [3.05, 3.63) is 53.1 Å². The van der Waals surface area contributed by atoms with E-state index < -0.39 is 6.10 Å². The van der Waals surface area contributed by atoms with Crippen LogP contribution < -0.4 is 19.5 Å². The van der Waals surface area contributed by atoms with Crippen LogP contribution in [0, 0.1) is 0 Å². The number of hydrogen-bond acceptors (Lipinski definition) is 4. The lowest BCUT2D eigenvalue weighted by Gasteiger charge is -2.19. The smallest absolute Gasteiger partial charge is 0.260 e. The number of carbonyl (C=O) groups excluding carboxylic acids is 1. The summed E-state index contributed by atoms with van der Waals surface area (Å²) in [5.74, 6) is 1.98. The highest BCUT2D eigenvalue weighted by molar-refractivity contribution is 6.30. The molecule has 0 fully saturated rings. The summed E-state index contributed by atoms with van der Waals surface area (Å²) >= 11 is 5.83. The summed E-state index contributed by atoms with van der Waals surface area (Å²) in [4.78, 5) is 12.1. The van der Waals surface area contributed by atoms with Crippen molar-refractivity contribution < 1.29 is 19.0 Å². The van der Waals surface area contributed by atoms with Gasteiger partial charge in [-0.15, -0.1) is 0 Å². The molecule has 1 aliphatic heterocycles. The number of rotatable bonds is 6. The van der Waals surface area contributed by atoms with Crippen LogP contribution in [0.15, 0.2) is 42.5 Å². The van der Waals surface area contributed by atoms with E-state index >= 15 is 0 Å². The normalized spacial score (nSPS) is 13.8. The van der Waals surface area contributed by atoms with Crippen molar-refractivity contribution in [3.63, 3.8) is 0 Å². The van der Waals surface area contributed by atoms with Gasteiger partial charge in [0.25, 0.3) is 5.91 Å². The number of halogens is 1. The Hall–Kier alpha value is -2.40. The Morgan fingerprint density at radius 3 is 2.64 bits per heavy atom. The van der Waals surface area contributed by atoms with Crippen molar-refractivity contribution in [1.82, 2.24) is 5.32 Å². The average molecular weight is 362 g/mol. The van der Waals surface area contributed by atoms with Gasteiger partial charge in [-0.3, -0.25) is 4.79 Å². The summed E-state index contributed by atoms with van der Waals surface area (Å²) < 4.78 is 16.7. The number of hydrogen-bond donors (Lipinski definition) is 1. The summed E-state index contributed by atoms with van der Waals surface area (Å²) in [5.41, 5.74) is 1.08. The molecule has 1 N–H and O–H groups in total. The second-order valence-electron chi connectivity index (χ2n) is 5.73. The molecule has 2 aromatic rings. The summed E-state index contributed by atoms with van der Waals surface area (Å²) in [6.45, 7) is 3.38. The van der Waals surface area contributed by atoms with Crippen molar-refractivity contribution in [1.29, 1.82) is 0 Å². The number of nitrogens with one attached hydrogen (secondary N) is 1. The maximum absolute atomic E-state index is 12.1. The molecule has 25 heavy (non-hydrogen) atoms. The van der Waals surface area contributed by atoms with Gasteiger partial charge in [-0.25, -0.2) is 0 Å². The molecule has 3 rings (SSSR count). The van der Waals surface area contributed by atoms with E-state index in [1.165, 1.54) is 0 Å². The molecule has 1 amide bonds. The van der Waals surface area contributed by atoms with E-state index in [-0.39, 0.29) is 5.91 Å². The first-order chi connectivity index (χ1) is 12.1. The second kappa shape index (κ2) is 8.12. The lowest BCUT2D eigenvalue weighted by Crippen LogP contribution is -2.37. The molecule has 1 atom stereocenters. The highest BCUT2D eigenvalue weighted by Gasteiger charge is 2.15. The molecule has 1 heterocycles. The van der Waals surface area contributed by atoms with E-state index in [1.807, 2.05) is 18.2 Å². The monoisotopic (exact) mass is 361 g/mol. The quantitative estimate of drug-likeness (QED) is 0.858. The predicted molar refractivity (Wildman–Crippen MR) is 95.7 cm³/mol. The maximum atomic E-state index is 12.1. The molecule has 6 heteroatoms. The third kappa shape index (κ3) is 4.79. The number of fused-ring (bicyclic) bond motifs is 1. The van der Waals surface area contributed by atoms with E-state index in [9.17, 15) is 4.79 Å². The van der Waals surface area contributed by atoms with Gasteiger partial charge in [0.15, 0.2) is 17.6 Å². The molecule has 5 nitrogen and oxygen atoms in total. The maximum Gasteiger partial charge on any atom is 0.260 e. The zero-order chi connectivity index (χ0) is 17.6. The fourth-order valence-corrected chi connectivity index (χ4v) is 2.61. The van der Waals surface area contributed by atoms with Gasteiger partial charge < -0.3 is 19.5 Å². The van der Waals surface area contributed by atoms with Crippen LogP contribution in [0.2, 0.25) is 5.02 Å². The standard InChI is InChI=1S/C19H20ClNO4/c1-13(25-16-5-3-15(20)4-6-16)19(22)21-9-8-14-2-7-17-18(12-14)24-11-10-23-17/h2-7,12-13H,8-11H2,1H3,(H,21,22). The summed E-state index contributed by atoms with van der Waals surface area (Å²) in [6, 6.07) is 12.8. The van der Waals surface area contributed by atoms with Gasteiger partial charge in [-0.1, -0.05) is 17.7 Å². The molecular formula is C19H20ClNO4. The third-order valence-corrected chi connectivity index (χ3v) is 4.07. The van der Waals surface area contributed by atoms with Gasteiger partial charge in [0.05, 0.1) is 0 Å². The van der Waals surface area contributed by atoms with Gasteiger partial charge in [-0.05, 0) is 55.3 Å². The number of ether oxygens (including phenoxy) is 3. The molecule has 0 radical (unpaired) electrons. The molecule has 0 saturated carbocycles. The lowest BCUT2D eigenvalue weighted by molar-refractivity contribution is -0.127. The molecule has 0 saturated heterocycles. The molecule has 0 spiro atoms. The Morgan fingerprint density at radius 2 is 1.88 bits per heavy atom. The minimum absolute atomic E-state index is 0.160. The number of carbonyl (C=O) groups is 1. The molecule has 2 aromatic carbocycles. The Labute approximate surface area is 151 Å². The van der Waals surface area contributed by atoms with E-state index in [1.54, 1.807) is 31.2 Å². The third-order valence-electron chi connectivity index (χ3n) is 3.82. The first kappa shape index (κ1) is 17.4. The largest absolute Gasteiger partial charge is 0.486 e. The van der Waals surface area contributed by atoms with Crippen molar-refractivity contribution in [2.45, 2.75) is 19.4 Å². The van der Waals surface area contributed by atoms with E-state index in [0.29, 0.717) is 37.0 Å². The van der Waals surface area contributed by atoms with Crippen LogP contribution >= 0.6 is 11.6 Å². The Kier molecular flexibility index (Phi) is 5.66. The summed E-state index contributed by atoms with van der Waals surface area (Å²) in [5, 5.41) is 3.51. The molecule has 0 bridgehead atoms. The average Bonchev–Trinajstić information content (AvgIpc) is 2.63. The predicted octanol–water partition coefficient (Wildman–Crippen LogP) is 3.24. The van der Waals surface area contributed by atoms with Crippen molar-refractivity contribution >= 4 is 17.5 Å². The van der Waals surface area contributed by atoms with Crippen molar-refractivity contribution in [3.8, 4) is 17.2 Å². The first-order valence-electron chi connectivity index (χ1n) is 8.20. The molecule has 0 aliphatic carbocycles. The lowest BCUT2D eigenvalue weighted by atomic mass is 10.1. The van der Waals surface area contributed by atoms with Gasteiger partial charge in [0.1, 0.15) is 19.0 Å². The van der Waals surface area contributed by atoms with Crippen LogP contribution in [0.3, 0.4) is 0 Å². The first-order valence-corrected chi connectivity index (χ1v) is 8.58. The minimum atomic E-state index is -0.582.